The van der Waals surface area contributed by atoms with Gasteiger partial charge in [0.2, 0.25) is 0 Å². The van der Waals surface area contributed by atoms with Crippen LogP contribution in [-0.4, -0.2) is 96.7 Å². The van der Waals surface area contributed by atoms with Gasteiger partial charge in [-0.05, 0) is 73.7 Å². The normalized spacial score (nSPS) is 16.9. The third-order valence-electron chi connectivity index (χ3n) is 9.13. The van der Waals surface area contributed by atoms with Crippen LogP contribution in [0.2, 0.25) is 20.1 Å². The zero-order valence-corrected chi connectivity index (χ0v) is 30.6. The molecule has 0 bridgehead atoms. The van der Waals surface area contributed by atoms with Crippen molar-refractivity contribution in [1.29, 1.82) is 0 Å². The first-order chi connectivity index (χ1) is 23.5. The minimum atomic E-state index is -0.256. The van der Waals surface area contributed by atoms with Crippen molar-refractivity contribution < 1.29 is 19.2 Å². The summed E-state index contributed by atoms with van der Waals surface area (Å²) in [5.41, 5.74) is 2.88. The van der Waals surface area contributed by atoms with Crippen molar-refractivity contribution in [2.24, 2.45) is 5.16 Å². The second-order valence-electron chi connectivity index (χ2n) is 12.5. The molecule has 0 radical (unpaired) electrons. The number of amides is 3. The smallest absolute Gasteiger partial charge is 0.320 e. The number of halogens is 4. The number of carbonyl (C=O) groups is 2. The highest BCUT2D eigenvalue weighted by molar-refractivity contribution is 6.42. The van der Waals surface area contributed by atoms with Crippen LogP contribution in [0.5, 0.6) is 0 Å². The first kappa shape index (κ1) is 37.0. The Bertz CT molecular complexity index is 1630. The molecular weight excluding hydrogens is 710 g/mol. The minimum Gasteiger partial charge on any atom is -0.619 e. The summed E-state index contributed by atoms with van der Waals surface area (Å²) in [5, 5.41) is 17.5. The summed E-state index contributed by atoms with van der Waals surface area (Å²) in [6, 6.07) is 14.0. The van der Waals surface area contributed by atoms with E-state index in [2.05, 4.69) is 10.1 Å². The Morgan fingerprint density at radius 2 is 1.69 bits per heavy atom. The van der Waals surface area contributed by atoms with Crippen molar-refractivity contribution in [3.8, 4) is 0 Å². The Morgan fingerprint density at radius 3 is 2.35 bits per heavy atom. The third kappa shape index (κ3) is 9.70. The van der Waals surface area contributed by atoms with Crippen LogP contribution in [0.25, 0.3) is 0 Å². The number of rotatable bonds is 12. The monoisotopic (exact) mass is 748 g/mol. The molecule has 0 unspecified atom stereocenters. The molecule has 262 valence electrons. The van der Waals surface area contributed by atoms with E-state index in [1.165, 1.54) is 19.5 Å². The van der Waals surface area contributed by atoms with Crippen molar-refractivity contribution in [3.63, 3.8) is 0 Å². The summed E-state index contributed by atoms with van der Waals surface area (Å²) in [6.45, 7) is 4.58. The van der Waals surface area contributed by atoms with E-state index in [4.69, 9.17) is 51.2 Å². The van der Waals surface area contributed by atoms with E-state index in [1.54, 1.807) is 48.3 Å². The lowest BCUT2D eigenvalue weighted by Gasteiger charge is -2.43. The highest BCUT2D eigenvalue weighted by Gasteiger charge is 2.34. The molecule has 3 aromatic rings. The van der Waals surface area contributed by atoms with E-state index in [9.17, 15) is 14.8 Å². The fourth-order valence-corrected chi connectivity index (χ4v) is 7.45. The molecule has 5 rings (SSSR count). The van der Waals surface area contributed by atoms with Gasteiger partial charge in [-0.15, -0.1) is 0 Å². The molecule has 0 saturated carbocycles. The number of hydrogen-bond donors (Lipinski definition) is 0. The molecule has 3 heterocycles. The molecule has 2 saturated heterocycles. The molecule has 0 aliphatic carbocycles. The van der Waals surface area contributed by atoms with Crippen molar-refractivity contribution in [3.05, 3.63) is 103 Å². The summed E-state index contributed by atoms with van der Waals surface area (Å²) < 4.78 is 0.748. The lowest BCUT2D eigenvalue weighted by molar-refractivity contribution is -0.605. The number of piperidine rings is 1. The van der Waals surface area contributed by atoms with Gasteiger partial charge < -0.3 is 29.6 Å². The second kappa shape index (κ2) is 17.1. The first-order valence-corrected chi connectivity index (χ1v) is 17.8. The maximum absolute atomic E-state index is 13.5. The topological polar surface area (TPSA) is 95.6 Å². The Hall–Kier alpha value is -3.28. The van der Waals surface area contributed by atoms with Crippen molar-refractivity contribution in [1.82, 2.24) is 19.6 Å². The van der Waals surface area contributed by atoms with E-state index >= 15 is 0 Å². The van der Waals surface area contributed by atoms with Gasteiger partial charge in [-0.2, -0.15) is 4.73 Å². The van der Waals surface area contributed by atoms with E-state index in [0.29, 0.717) is 50.9 Å². The number of aromatic nitrogens is 1. The lowest BCUT2D eigenvalue weighted by atomic mass is 9.89. The predicted octanol–water partition coefficient (Wildman–Crippen LogP) is 6.97. The molecule has 0 spiro atoms. The van der Waals surface area contributed by atoms with Gasteiger partial charge in [0.15, 0.2) is 12.4 Å². The van der Waals surface area contributed by atoms with Crippen molar-refractivity contribution >= 4 is 64.1 Å². The van der Waals surface area contributed by atoms with Gasteiger partial charge in [0, 0.05) is 79.5 Å². The van der Waals surface area contributed by atoms with Gasteiger partial charge in [0.05, 0.1) is 22.3 Å². The quantitative estimate of drug-likeness (QED) is 0.0863. The van der Waals surface area contributed by atoms with Crippen molar-refractivity contribution in [2.45, 2.75) is 44.2 Å². The lowest BCUT2D eigenvalue weighted by Crippen LogP contribution is -2.55. The van der Waals surface area contributed by atoms with Crippen LogP contribution in [0.1, 0.15) is 53.1 Å². The van der Waals surface area contributed by atoms with Gasteiger partial charge in [0.25, 0.3) is 5.91 Å². The maximum atomic E-state index is 13.5. The van der Waals surface area contributed by atoms with E-state index < -0.39 is 0 Å². The summed E-state index contributed by atoms with van der Waals surface area (Å²) in [6.07, 6.45) is 6.26. The van der Waals surface area contributed by atoms with Crippen LogP contribution in [0.3, 0.4) is 0 Å². The standard InChI is InChI=1S/C35H40Cl4N6O4/c1-41(34(46)26-18-27(36)21-28(37)19-26)23-33(40-49-2)30(25-4-5-31(38)32(39)20-25)10-15-42-13-8-29(9-14-42)45-12-3-11-43(35(45)47)22-24-6-16-44(48)17-7-24/h4-7,16-21,29-30H,3,8-15,22-23H2,1-2H3/b40-33+/t30-/m1/s1. The number of carbonyl (C=O) groups excluding carboxylic acids is 2. The molecule has 1 atom stereocenters. The Morgan fingerprint density at radius 1 is 1.00 bits per heavy atom. The van der Waals surface area contributed by atoms with Gasteiger partial charge in [-0.1, -0.05) is 57.6 Å². The summed E-state index contributed by atoms with van der Waals surface area (Å²) in [5.74, 6) is -0.481. The van der Waals surface area contributed by atoms with Crippen LogP contribution in [0.4, 0.5) is 4.79 Å². The first-order valence-electron chi connectivity index (χ1n) is 16.2. The van der Waals surface area contributed by atoms with Crippen LogP contribution in [0.15, 0.2) is 66.1 Å². The maximum Gasteiger partial charge on any atom is 0.320 e. The fourth-order valence-electron chi connectivity index (χ4n) is 6.61. The molecule has 3 amide bonds. The van der Waals surface area contributed by atoms with Crippen LogP contribution in [0, 0.1) is 5.21 Å². The number of nitrogens with zero attached hydrogens (tertiary/aromatic N) is 6. The van der Waals surface area contributed by atoms with Crippen LogP contribution >= 0.6 is 46.4 Å². The van der Waals surface area contributed by atoms with Crippen LogP contribution in [-0.2, 0) is 11.4 Å². The van der Waals surface area contributed by atoms with Gasteiger partial charge in [-0.3, -0.25) is 4.79 Å². The summed E-state index contributed by atoms with van der Waals surface area (Å²) in [7, 11) is 3.18. The second-order valence-corrected chi connectivity index (χ2v) is 14.2. The number of urea groups is 1. The van der Waals surface area contributed by atoms with Crippen molar-refractivity contribution in [2.75, 3.05) is 53.4 Å². The molecule has 2 aromatic carbocycles. The molecule has 2 aliphatic rings. The molecule has 10 nitrogen and oxygen atoms in total. The summed E-state index contributed by atoms with van der Waals surface area (Å²) >= 11 is 25.1. The highest BCUT2D eigenvalue weighted by atomic mass is 35.5. The summed E-state index contributed by atoms with van der Waals surface area (Å²) in [4.78, 5) is 40.0. The zero-order chi connectivity index (χ0) is 35.1. The third-order valence-corrected chi connectivity index (χ3v) is 10.3. The number of oxime groups is 1. The molecule has 0 N–H and O–H groups in total. The number of pyridine rings is 1. The minimum absolute atomic E-state index is 0.0577. The molecule has 1 aromatic heterocycles. The largest absolute Gasteiger partial charge is 0.619 e. The molecule has 2 aliphatic heterocycles. The Kier molecular flexibility index (Phi) is 12.9. The fraction of sp³-hybridized carbons (Fsp3) is 0.429. The zero-order valence-electron chi connectivity index (χ0n) is 27.5. The Labute approximate surface area is 307 Å². The van der Waals surface area contributed by atoms with Gasteiger partial charge in [0.1, 0.15) is 7.11 Å². The number of hydrogen-bond acceptors (Lipinski definition) is 6. The van der Waals surface area contributed by atoms with Crippen LogP contribution < -0.4 is 4.73 Å². The molecule has 49 heavy (non-hydrogen) atoms. The SMILES string of the molecule is CO/N=C(\CN(C)C(=O)c1cc(Cl)cc(Cl)c1)[C@H](CCN1CCC(N2CCCN(Cc3cc[n+]([O-])cc3)C2=O)CC1)c1ccc(Cl)c(Cl)c1. The predicted molar refractivity (Wildman–Crippen MR) is 194 cm³/mol. The van der Waals surface area contributed by atoms with E-state index in [-0.39, 0.29) is 30.4 Å². The Balaban J connectivity index is 1.24. The molecule has 14 heteroatoms. The van der Waals surface area contributed by atoms with Gasteiger partial charge >= 0.3 is 6.03 Å². The molecular formula is C35H40Cl4N6O4. The van der Waals surface area contributed by atoms with E-state index in [0.717, 1.165) is 61.3 Å². The number of likely N-dealkylation sites (tertiary alicyclic amines) is 1. The van der Waals surface area contributed by atoms with Gasteiger partial charge in [-0.25, -0.2) is 4.79 Å². The number of benzene rings is 2. The average Bonchev–Trinajstić information content (AvgIpc) is 3.08. The molecule has 2 fully saturated rings. The highest BCUT2D eigenvalue weighted by Crippen LogP contribution is 2.31. The average molecular weight is 751 g/mol. The van der Waals surface area contributed by atoms with E-state index in [1.807, 2.05) is 21.9 Å².